The van der Waals surface area contributed by atoms with Crippen molar-refractivity contribution in [2.24, 2.45) is 0 Å². The Balaban J connectivity index is 1.73. The highest BCUT2D eigenvalue weighted by Crippen LogP contribution is 2.36. The molecule has 1 amide bonds. The van der Waals surface area contributed by atoms with Crippen LogP contribution in [0.3, 0.4) is 0 Å². The second-order valence-corrected chi connectivity index (χ2v) is 7.00. The summed E-state index contributed by atoms with van der Waals surface area (Å²) in [6, 6.07) is 9.54. The number of carbonyl (C=O) groups excluding carboxylic acids is 1. The van der Waals surface area contributed by atoms with Crippen molar-refractivity contribution in [3.63, 3.8) is 0 Å². The fourth-order valence-electron chi connectivity index (χ4n) is 2.43. The lowest BCUT2D eigenvalue weighted by molar-refractivity contribution is 0.00578. The normalized spacial score (nSPS) is 18.2. The van der Waals surface area contributed by atoms with Gasteiger partial charge in [-0.25, -0.2) is 9.37 Å². The van der Waals surface area contributed by atoms with Gasteiger partial charge in [-0.1, -0.05) is 12.1 Å². The van der Waals surface area contributed by atoms with E-state index in [9.17, 15) is 9.18 Å². The van der Waals surface area contributed by atoms with Crippen LogP contribution in [0.25, 0.3) is 0 Å². The van der Waals surface area contributed by atoms with E-state index in [-0.39, 0.29) is 5.82 Å². The lowest BCUT2D eigenvalue weighted by Crippen LogP contribution is -2.41. The molecule has 3 rings (SSSR count). The number of pyridine rings is 1. The zero-order valence-corrected chi connectivity index (χ0v) is 14.7. The number of aromatic nitrogens is 1. The molecule has 1 N–H and O–H groups in total. The van der Waals surface area contributed by atoms with Crippen LogP contribution in [0.5, 0.6) is 0 Å². The van der Waals surface area contributed by atoms with Crippen LogP contribution >= 0.6 is 0 Å². The summed E-state index contributed by atoms with van der Waals surface area (Å²) in [4.78, 5) is 16.0. The van der Waals surface area contributed by atoms with Gasteiger partial charge in [-0.3, -0.25) is 4.79 Å². The van der Waals surface area contributed by atoms with E-state index >= 15 is 0 Å². The Hall–Kier alpha value is -2.25. The summed E-state index contributed by atoms with van der Waals surface area (Å²) in [5.41, 5.74) is 0.360. The van der Waals surface area contributed by atoms with Crippen molar-refractivity contribution in [3.05, 3.63) is 54.0 Å². The quantitative estimate of drug-likeness (QED) is 0.872. The molecule has 1 aliphatic rings. The maximum absolute atomic E-state index is 13.6. The molecule has 5 nitrogen and oxygen atoms in total. The predicted octanol–water partition coefficient (Wildman–Crippen LogP) is 2.77. The Morgan fingerprint density at radius 2 is 1.68 bits per heavy atom. The number of hydrogen-bond donors (Lipinski definition) is 1. The number of anilines is 1. The molecule has 1 fully saturated rings. The second kappa shape index (κ2) is 6.24. The van der Waals surface area contributed by atoms with Crippen LogP contribution in [-0.4, -0.2) is 29.2 Å². The Labute approximate surface area is 146 Å². The average molecular weight is 342 g/mol. The third-order valence-electron chi connectivity index (χ3n) is 4.69. The summed E-state index contributed by atoms with van der Waals surface area (Å²) in [7, 11) is -0.490. The van der Waals surface area contributed by atoms with Crippen LogP contribution in [0.15, 0.2) is 42.6 Å². The minimum atomic E-state index is -0.579. The smallest absolute Gasteiger partial charge is 0.399 e. The van der Waals surface area contributed by atoms with Gasteiger partial charge >= 0.3 is 7.12 Å². The van der Waals surface area contributed by atoms with Gasteiger partial charge in [0.25, 0.3) is 5.91 Å². The third-order valence-corrected chi connectivity index (χ3v) is 4.69. The van der Waals surface area contributed by atoms with Crippen molar-refractivity contribution in [3.8, 4) is 0 Å². The number of hydrogen-bond acceptors (Lipinski definition) is 4. The molecule has 1 saturated heterocycles. The largest absolute Gasteiger partial charge is 0.494 e. The molecule has 2 heterocycles. The van der Waals surface area contributed by atoms with Crippen LogP contribution in [0.4, 0.5) is 10.2 Å². The van der Waals surface area contributed by atoms with Crippen LogP contribution in [-0.2, 0) is 9.31 Å². The van der Waals surface area contributed by atoms with Crippen molar-refractivity contribution in [1.82, 2.24) is 4.98 Å². The molecule has 130 valence electrons. The molecule has 0 atom stereocenters. The molecule has 0 aliphatic carbocycles. The lowest BCUT2D eigenvalue weighted by Gasteiger charge is -2.32. The number of nitrogens with one attached hydrogen (secondary N) is 1. The zero-order valence-electron chi connectivity index (χ0n) is 14.7. The Kier molecular flexibility index (Phi) is 4.39. The summed E-state index contributed by atoms with van der Waals surface area (Å²) in [6.07, 6.45) is 1.42. The first-order chi connectivity index (χ1) is 11.7. The van der Waals surface area contributed by atoms with Gasteiger partial charge in [0.2, 0.25) is 0 Å². The van der Waals surface area contributed by atoms with Gasteiger partial charge in [0.1, 0.15) is 0 Å². The molecular formula is C18H20BFN2O3. The molecule has 7 heteroatoms. The fourth-order valence-corrected chi connectivity index (χ4v) is 2.43. The highest BCUT2D eigenvalue weighted by Gasteiger charge is 2.51. The van der Waals surface area contributed by atoms with E-state index in [4.69, 9.17) is 9.31 Å². The van der Waals surface area contributed by atoms with Gasteiger partial charge < -0.3 is 14.6 Å². The molecule has 0 radical (unpaired) electrons. The van der Waals surface area contributed by atoms with E-state index in [1.807, 2.05) is 27.7 Å². The van der Waals surface area contributed by atoms with Gasteiger partial charge in [0.15, 0.2) is 11.6 Å². The maximum Gasteiger partial charge on any atom is 0.494 e. The number of amides is 1. The number of benzene rings is 1. The molecule has 1 aromatic heterocycles. The van der Waals surface area contributed by atoms with Crippen LogP contribution in [0.2, 0.25) is 0 Å². The van der Waals surface area contributed by atoms with Gasteiger partial charge in [-0.15, -0.1) is 0 Å². The Bertz CT molecular complexity index is 777. The highest BCUT2D eigenvalue weighted by atomic mass is 19.1. The first-order valence-corrected chi connectivity index (χ1v) is 8.07. The number of rotatable bonds is 3. The van der Waals surface area contributed by atoms with Crippen molar-refractivity contribution in [2.45, 2.75) is 38.9 Å². The van der Waals surface area contributed by atoms with Gasteiger partial charge in [-0.05, 0) is 57.4 Å². The first kappa shape index (κ1) is 17.6. The molecule has 0 spiro atoms. The Morgan fingerprint density at radius 3 is 2.24 bits per heavy atom. The van der Waals surface area contributed by atoms with Crippen molar-refractivity contribution < 1.29 is 18.5 Å². The minimum Gasteiger partial charge on any atom is -0.399 e. The molecule has 1 aromatic carbocycles. The highest BCUT2D eigenvalue weighted by molar-refractivity contribution is 6.62. The monoisotopic (exact) mass is 342 g/mol. The summed E-state index contributed by atoms with van der Waals surface area (Å²) in [5, 5.41) is 2.45. The van der Waals surface area contributed by atoms with Crippen LogP contribution in [0, 0.1) is 5.82 Å². The second-order valence-electron chi connectivity index (χ2n) is 7.00. The van der Waals surface area contributed by atoms with Gasteiger partial charge in [0, 0.05) is 11.8 Å². The summed E-state index contributed by atoms with van der Waals surface area (Å²) in [6.45, 7) is 7.93. The number of carbonyl (C=O) groups is 1. The van der Waals surface area contributed by atoms with E-state index in [0.29, 0.717) is 5.56 Å². The first-order valence-electron chi connectivity index (χ1n) is 8.07. The maximum atomic E-state index is 13.6. The van der Waals surface area contributed by atoms with Crippen molar-refractivity contribution in [2.75, 3.05) is 5.32 Å². The van der Waals surface area contributed by atoms with Crippen LogP contribution < -0.4 is 10.8 Å². The number of nitrogens with zero attached hydrogens (tertiary/aromatic N) is 1. The third kappa shape index (κ3) is 3.43. The van der Waals surface area contributed by atoms with Crippen molar-refractivity contribution in [1.29, 1.82) is 0 Å². The molecule has 0 bridgehead atoms. The molecule has 0 saturated carbocycles. The predicted molar refractivity (Wildman–Crippen MR) is 94.3 cm³/mol. The number of halogens is 1. The summed E-state index contributed by atoms with van der Waals surface area (Å²) < 4.78 is 25.5. The van der Waals surface area contributed by atoms with E-state index < -0.39 is 30.0 Å². The molecule has 1 aliphatic heterocycles. The molecule has 25 heavy (non-hydrogen) atoms. The van der Waals surface area contributed by atoms with E-state index in [1.165, 1.54) is 18.3 Å². The topological polar surface area (TPSA) is 60.5 Å². The zero-order chi connectivity index (χ0) is 18.2. The van der Waals surface area contributed by atoms with E-state index in [2.05, 4.69) is 10.3 Å². The van der Waals surface area contributed by atoms with E-state index in [1.54, 1.807) is 24.3 Å². The van der Waals surface area contributed by atoms with Gasteiger partial charge in [0.05, 0.1) is 11.2 Å². The molecule has 2 aromatic rings. The standard InChI is InChI=1S/C18H20BFN2O3/c1-17(2)18(3,4)25-19(24-17)13-9-7-12(8-10-13)16(23)22-15-14(20)6-5-11-21-15/h5-11H,1-4H3,(H,21,22,23). The lowest BCUT2D eigenvalue weighted by atomic mass is 9.79. The van der Waals surface area contributed by atoms with E-state index in [0.717, 1.165) is 5.46 Å². The molecule has 0 unspecified atom stereocenters. The summed E-state index contributed by atoms with van der Waals surface area (Å²) in [5.74, 6) is -1.11. The molecular weight excluding hydrogens is 322 g/mol. The minimum absolute atomic E-state index is 0.0949. The summed E-state index contributed by atoms with van der Waals surface area (Å²) >= 11 is 0. The van der Waals surface area contributed by atoms with Gasteiger partial charge in [-0.2, -0.15) is 0 Å². The average Bonchev–Trinajstić information content (AvgIpc) is 2.78. The SMILES string of the molecule is CC1(C)OB(c2ccc(C(=O)Nc3ncccc3F)cc2)OC1(C)C. The fraction of sp³-hybridized carbons (Fsp3) is 0.333. The van der Waals surface area contributed by atoms with Crippen molar-refractivity contribution >= 4 is 24.3 Å². The Morgan fingerprint density at radius 1 is 1.08 bits per heavy atom. The van der Waals surface area contributed by atoms with Crippen LogP contribution in [0.1, 0.15) is 38.1 Å².